The van der Waals surface area contributed by atoms with Crippen molar-refractivity contribution >= 4 is 15.9 Å². The van der Waals surface area contributed by atoms with Gasteiger partial charge in [0.2, 0.25) is 10.0 Å². The molecule has 1 N–H and O–H groups in total. The second kappa shape index (κ2) is 6.98. The van der Waals surface area contributed by atoms with Crippen LogP contribution in [0.4, 0.5) is 0 Å². The normalized spacial score (nSPS) is 25.5. The molecule has 0 bridgehead atoms. The molecule has 1 aromatic carbocycles. The van der Waals surface area contributed by atoms with E-state index >= 15 is 0 Å². The van der Waals surface area contributed by atoms with Gasteiger partial charge in [-0.25, -0.2) is 13.1 Å². The van der Waals surface area contributed by atoms with Gasteiger partial charge in [0.25, 0.3) is 5.91 Å². The lowest BCUT2D eigenvalue weighted by Gasteiger charge is -2.34. The van der Waals surface area contributed by atoms with Crippen LogP contribution in [0.2, 0.25) is 0 Å². The molecule has 2 aliphatic rings. The van der Waals surface area contributed by atoms with Crippen LogP contribution >= 0.6 is 0 Å². The van der Waals surface area contributed by atoms with Gasteiger partial charge in [-0.2, -0.15) is 0 Å². The summed E-state index contributed by atoms with van der Waals surface area (Å²) in [6.07, 6.45) is 2.85. The number of amides is 1. The fourth-order valence-corrected chi connectivity index (χ4v) is 4.42. The molecule has 0 aliphatic carbocycles. The molecule has 7 heteroatoms. The Morgan fingerprint density at radius 3 is 2.65 bits per heavy atom. The van der Waals surface area contributed by atoms with Crippen molar-refractivity contribution in [1.82, 2.24) is 9.62 Å². The second-order valence-corrected chi connectivity index (χ2v) is 7.77. The van der Waals surface area contributed by atoms with Gasteiger partial charge in [-0.05, 0) is 37.8 Å². The quantitative estimate of drug-likeness (QED) is 0.893. The third-order valence-corrected chi connectivity index (χ3v) is 5.85. The first kappa shape index (κ1) is 16.4. The minimum absolute atomic E-state index is 0.00823. The molecule has 6 nitrogen and oxygen atoms in total. The van der Waals surface area contributed by atoms with E-state index in [1.807, 2.05) is 0 Å². The Hall–Kier alpha value is -1.44. The van der Waals surface area contributed by atoms with Gasteiger partial charge >= 0.3 is 0 Å². The maximum Gasteiger partial charge on any atom is 0.251 e. The van der Waals surface area contributed by atoms with E-state index < -0.39 is 10.0 Å². The van der Waals surface area contributed by atoms with Gasteiger partial charge in [-0.3, -0.25) is 4.79 Å². The highest BCUT2D eigenvalue weighted by molar-refractivity contribution is 7.89. The monoisotopic (exact) mass is 338 g/mol. The maximum absolute atomic E-state index is 12.4. The number of hydrogen-bond donors (Lipinski definition) is 1. The topological polar surface area (TPSA) is 75.7 Å². The van der Waals surface area contributed by atoms with E-state index in [9.17, 15) is 13.2 Å². The molecule has 3 rings (SSSR count). The fourth-order valence-electron chi connectivity index (χ4n) is 3.14. The summed E-state index contributed by atoms with van der Waals surface area (Å²) >= 11 is 0. The zero-order valence-corrected chi connectivity index (χ0v) is 13.8. The fraction of sp³-hybridized carbons (Fsp3) is 0.562. The Bertz CT molecular complexity index is 641. The summed E-state index contributed by atoms with van der Waals surface area (Å²) in [6, 6.07) is 8.06. The van der Waals surface area contributed by atoms with Gasteiger partial charge in [0.1, 0.15) is 6.10 Å². The Balaban J connectivity index is 1.63. The van der Waals surface area contributed by atoms with Crippen LogP contribution in [0.15, 0.2) is 35.2 Å². The number of ether oxygens (including phenoxy) is 1. The number of rotatable bonds is 4. The molecule has 126 valence electrons. The van der Waals surface area contributed by atoms with Crippen molar-refractivity contribution in [3.8, 4) is 0 Å². The van der Waals surface area contributed by atoms with E-state index in [1.165, 1.54) is 0 Å². The van der Waals surface area contributed by atoms with Crippen molar-refractivity contribution in [2.75, 3.05) is 19.7 Å². The zero-order chi connectivity index (χ0) is 16.3. The number of hydrogen-bond acceptors (Lipinski definition) is 4. The summed E-state index contributed by atoms with van der Waals surface area (Å²) in [6.45, 7) is 1.71. The Morgan fingerprint density at radius 1 is 1.17 bits per heavy atom. The molecule has 2 aliphatic heterocycles. The van der Waals surface area contributed by atoms with Crippen molar-refractivity contribution in [3.63, 3.8) is 0 Å². The standard InChI is InChI=1S/C16H22N2O4S/c19-16(15-9-5-11-22-15)18-10-4-6-13(12-18)17-23(20,21)14-7-2-1-3-8-14/h1-3,7-8,13,15,17H,4-6,9-12H2/t13-,15+/m0/s1. The minimum atomic E-state index is -3.55. The molecule has 0 saturated carbocycles. The zero-order valence-electron chi connectivity index (χ0n) is 13.0. The number of nitrogens with zero attached hydrogens (tertiary/aromatic N) is 1. The number of carbonyl (C=O) groups is 1. The highest BCUT2D eigenvalue weighted by Crippen LogP contribution is 2.19. The summed E-state index contributed by atoms with van der Waals surface area (Å²) < 4.78 is 33.0. The molecule has 2 atom stereocenters. The lowest BCUT2D eigenvalue weighted by molar-refractivity contribution is -0.142. The molecule has 0 aromatic heterocycles. The smallest absolute Gasteiger partial charge is 0.251 e. The minimum Gasteiger partial charge on any atom is -0.368 e. The van der Waals surface area contributed by atoms with Crippen molar-refractivity contribution in [2.45, 2.75) is 42.7 Å². The summed E-state index contributed by atoms with van der Waals surface area (Å²) in [4.78, 5) is 14.4. The van der Waals surface area contributed by atoms with Crippen LogP contribution in [0.3, 0.4) is 0 Å². The van der Waals surface area contributed by atoms with E-state index in [2.05, 4.69) is 4.72 Å². The molecule has 2 fully saturated rings. The maximum atomic E-state index is 12.4. The van der Waals surface area contributed by atoms with Gasteiger partial charge < -0.3 is 9.64 Å². The third-order valence-electron chi connectivity index (χ3n) is 4.31. The number of benzene rings is 1. The van der Waals surface area contributed by atoms with E-state index in [4.69, 9.17) is 4.74 Å². The molecule has 0 spiro atoms. The van der Waals surface area contributed by atoms with Crippen molar-refractivity contribution < 1.29 is 17.9 Å². The summed E-state index contributed by atoms with van der Waals surface area (Å²) in [7, 11) is -3.55. The largest absolute Gasteiger partial charge is 0.368 e. The molecular weight excluding hydrogens is 316 g/mol. The first-order chi connectivity index (χ1) is 11.1. The SMILES string of the molecule is O=C([C@H]1CCCO1)N1CCC[C@H](NS(=O)(=O)c2ccccc2)C1. The molecule has 1 aromatic rings. The van der Waals surface area contributed by atoms with Gasteiger partial charge in [-0.15, -0.1) is 0 Å². The van der Waals surface area contributed by atoms with E-state index in [1.54, 1.807) is 35.2 Å². The Labute approximate surface area is 136 Å². The molecule has 1 amide bonds. The molecule has 0 radical (unpaired) electrons. The van der Waals surface area contributed by atoms with Crippen LogP contribution < -0.4 is 4.72 Å². The number of piperidine rings is 1. The van der Waals surface area contributed by atoms with Gasteiger partial charge in [-0.1, -0.05) is 18.2 Å². The molecule has 23 heavy (non-hydrogen) atoms. The van der Waals surface area contributed by atoms with Crippen molar-refractivity contribution in [1.29, 1.82) is 0 Å². The number of nitrogens with one attached hydrogen (secondary N) is 1. The average molecular weight is 338 g/mol. The number of sulfonamides is 1. The summed E-state index contributed by atoms with van der Waals surface area (Å²) in [5, 5.41) is 0. The van der Waals surface area contributed by atoms with Crippen LogP contribution in [0.5, 0.6) is 0 Å². The van der Waals surface area contributed by atoms with Crippen molar-refractivity contribution in [3.05, 3.63) is 30.3 Å². The van der Waals surface area contributed by atoms with Crippen molar-refractivity contribution in [2.24, 2.45) is 0 Å². The van der Waals surface area contributed by atoms with Crippen LogP contribution in [0.25, 0.3) is 0 Å². The van der Waals surface area contributed by atoms with Gasteiger partial charge in [0, 0.05) is 25.7 Å². The lowest BCUT2D eigenvalue weighted by Crippen LogP contribution is -2.51. The predicted molar refractivity (Wildman–Crippen MR) is 85.3 cm³/mol. The van der Waals surface area contributed by atoms with Crippen LogP contribution in [-0.2, 0) is 19.6 Å². The van der Waals surface area contributed by atoms with Crippen LogP contribution in [0, 0.1) is 0 Å². The predicted octanol–water partition coefficient (Wildman–Crippen LogP) is 1.13. The van der Waals surface area contributed by atoms with Crippen LogP contribution in [-0.4, -0.2) is 51.1 Å². The highest BCUT2D eigenvalue weighted by Gasteiger charge is 2.32. The van der Waals surface area contributed by atoms with E-state index in [0.717, 1.165) is 25.7 Å². The Kier molecular flexibility index (Phi) is 4.99. The average Bonchev–Trinajstić information content (AvgIpc) is 3.09. The third kappa shape index (κ3) is 3.91. The summed E-state index contributed by atoms with van der Waals surface area (Å²) in [5.41, 5.74) is 0. The second-order valence-electron chi connectivity index (χ2n) is 6.06. The number of likely N-dealkylation sites (tertiary alicyclic amines) is 1. The van der Waals surface area contributed by atoms with E-state index in [-0.39, 0.29) is 22.9 Å². The van der Waals surface area contributed by atoms with Crippen LogP contribution in [0.1, 0.15) is 25.7 Å². The summed E-state index contributed by atoms with van der Waals surface area (Å²) in [5.74, 6) is -0.00823. The van der Waals surface area contributed by atoms with Gasteiger partial charge in [0.15, 0.2) is 0 Å². The first-order valence-corrected chi connectivity index (χ1v) is 9.52. The Morgan fingerprint density at radius 2 is 1.96 bits per heavy atom. The lowest BCUT2D eigenvalue weighted by atomic mass is 10.1. The molecule has 2 heterocycles. The van der Waals surface area contributed by atoms with Gasteiger partial charge in [0.05, 0.1) is 4.90 Å². The van der Waals surface area contributed by atoms with E-state index in [0.29, 0.717) is 19.7 Å². The molecule has 2 saturated heterocycles. The first-order valence-electron chi connectivity index (χ1n) is 8.04. The molecular formula is C16H22N2O4S. The number of carbonyl (C=O) groups excluding carboxylic acids is 1. The molecule has 0 unspecified atom stereocenters. The highest BCUT2D eigenvalue weighted by atomic mass is 32.2.